The molecule has 3 aromatic rings. The van der Waals surface area contributed by atoms with E-state index in [2.05, 4.69) is 54.7 Å². The van der Waals surface area contributed by atoms with Gasteiger partial charge in [-0.15, -0.1) is 0 Å². The molecule has 5 nitrogen and oxygen atoms in total. The summed E-state index contributed by atoms with van der Waals surface area (Å²) in [5.74, 6) is 2.11. The minimum absolute atomic E-state index is 0.107. The zero-order valence-corrected chi connectivity index (χ0v) is 19.6. The third-order valence-electron chi connectivity index (χ3n) is 6.53. The van der Waals surface area contributed by atoms with Gasteiger partial charge >= 0.3 is 0 Å². The highest BCUT2D eigenvalue weighted by Crippen LogP contribution is 2.35. The average molecular weight is 448 g/mol. The van der Waals surface area contributed by atoms with E-state index in [0.717, 1.165) is 30.4 Å². The number of benzene rings is 3. The maximum Gasteiger partial charge on any atom is 0.130 e. The van der Waals surface area contributed by atoms with Crippen molar-refractivity contribution in [3.05, 3.63) is 77.4 Å². The fraction of sp³-hybridized carbons (Fsp3) is 0.357. The van der Waals surface area contributed by atoms with Crippen LogP contribution >= 0.6 is 0 Å². The molecule has 0 heterocycles. The summed E-state index contributed by atoms with van der Waals surface area (Å²) in [6.07, 6.45) is 2.59. The van der Waals surface area contributed by atoms with Crippen molar-refractivity contribution in [2.75, 3.05) is 14.2 Å². The number of ether oxygens (including phenoxy) is 3. The second kappa shape index (κ2) is 10.7. The molecule has 4 rings (SSSR count). The third-order valence-corrected chi connectivity index (χ3v) is 6.53. The molecule has 1 aliphatic rings. The van der Waals surface area contributed by atoms with Crippen LogP contribution in [0.3, 0.4) is 0 Å². The van der Waals surface area contributed by atoms with Crippen LogP contribution in [0, 0.1) is 6.92 Å². The Morgan fingerprint density at radius 1 is 0.939 bits per heavy atom. The summed E-state index contributed by atoms with van der Waals surface area (Å²) in [6, 6.07) is 20.6. The summed E-state index contributed by atoms with van der Waals surface area (Å²) >= 11 is 0. The van der Waals surface area contributed by atoms with Crippen molar-refractivity contribution in [2.45, 2.75) is 51.5 Å². The molecule has 5 heteroatoms. The Morgan fingerprint density at radius 3 is 2.30 bits per heavy atom. The van der Waals surface area contributed by atoms with Gasteiger partial charge in [-0.1, -0.05) is 48.5 Å². The average Bonchev–Trinajstić information content (AvgIpc) is 3.26. The van der Waals surface area contributed by atoms with E-state index in [1.54, 1.807) is 14.2 Å². The number of hydrogen-bond donors (Lipinski definition) is 2. The number of aliphatic hydroxyl groups is 1. The molecule has 0 aliphatic heterocycles. The molecule has 1 saturated carbocycles. The molecular weight excluding hydrogens is 414 g/mol. The standard InChI is InChI=1S/C28H33NO4/c1-19-21(11-7-12-23(19)20-9-5-4-6-10-20)18-33-22-15-27(31-2)24(28(16-22)32-3)17-29-25-13-8-14-26(25)30/h4-7,9-12,15-16,25-26,29-30H,8,13-14,17-18H2,1-3H3/t25-,26-/m0/s1. The van der Waals surface area contributed by atoms with Crippen molar-refractivity contribution in [3.63, 3.8) is 0 Å². The quantitative estimate of drug-likeness (QED) is 0.468. The molecule has 0 radical (unpaired) electrons. The highest BCUT2D eigenvalue weighted by Gasteiger charge is 2.25. The van der Waals surface area contributed by atoms with Crippen LogP contribution in [-0.2, 0) is 13.2 Å². The molecule has 2 N–H and O–H groups in total. The van der Waals surface area contributed by atoms with Crippen LogP contribution in [0.1, 0.15) is 36.0 Å². The molecule has 33 heavy (non-hydrogen) atoms. The van der Waals surface area contributed by atoms with E-state index < -0.39 is 0 Å². The lowest BCUT2D eigenvalue weighted by Crippen LogP contribution is -2.35. The first-order valence-corrected chi connectivity index (χ1v) is 11.5. The summed E-state index contributed by atoms with van der Waals surface area (Å²) in [5, 5.41) is 13.6. The topological polar surface area (TPSA) is 60.0 Å². The minimum Gasteiger partial charge on any atom is -0.496 e. The minimum atomic E-state index is -0.292. The summed E-state index contributed by atoms with van der Waals surface area (Å²) in [6.45, 7) is 3.14. The van der Waals surface area contributed by atoms with Crippen LogP contribution in [0.2, 0.25) is 0 Å². The summed E-state index contributed by atoms with van der Waals surface area (Å²) < 4.78 is 17.5. The molecule has 1 aliphatic carbocycles. The second-order valence-corrected chi connectivity index (χ2v) is 8.54. The maximum absolute atomic E-state index is 10.1. The van der Waals surface area contributed by atoms with Gasteiger partial charge in [0.1, 0.15) is 23.9 Å². The fourth-order valence-corrected chi connectivity index (χ4v) is 4.56. The Kier molecular flexibility index (Phi) is 7.53. The Morgan fingerprint density at radius 2 is 1.67 bits per heavy atom. The van der Waals surface area contributed by atoms with E-state index in [1.807, 2.05) is 18.2 Å². The number of rotatable bonds is 9. The van der Waals surface area contributed by atoms with E-state index in [4.69, 9.17) is 14.2 Å². The summed E-state index contributed by atoms with van der Waals surface area (Å²) in [7, 11) is 3.31. The van der Waals surface area contributed by atoms with Gasteiger partial charge < -0.3 is 24.6 Å². The fourth-order valence-electron chi connectivity index (χ4n) is 4.56. The van der Waals surface area contributed by atoms with Crippen molar-refractivity contribution in [1.82, 2.24) is 5.32 Å². The third kappa shape index (κ3) is 5.32. The Bertz CT molecular complexity index is 1040. The lowest BCUT2D eigenvalue weighted by Gasteiger charge is -2.20. The zero-order valence-electron chi connectivity index (χ0n) is 19.6. The molecule has 0 spiro atoms. The van der Waals surface area contributed by atoms with Gasteiger partial charge in [0.05, 0.1) is 25.9 Å². The number of aliphatic hydroxyl groups excluding tert-OH is 1. The van der Waals surface area contributed by atoms with E-state index in [1.165, 1.54) is 16.7 Å². The van der Waals surface area contributed by atoms with Gasteiger partial charge in [0.15, 0.2) is 0 Å². The molecule has 0 unspecified atom stereocenters. The van der Waals surface area contributed by atoms with Crippen LogP contribution in [-0.4, -0.2) is 31.5 Å². The lowest BCUT2D eigenvalue weighted by atomic mass is 9.97. The van der Waals surface area contributed by atoms with E-state index in [9.17, 15) is 5.11 Å². The normalized spacial score (nSPS) is 17.7. The zero-order chi connectivity index (χ0) is 23.2. The molecular formula is C28H33NO4. The van der Waals surface area contributed by atoms with Crippen LogP contribution in [0.15, 0.2) is 60.7 Å². The smallest absolute Gasteiger partial charge is 0.130 e. The van der Waals surface area contributed by atoms with Crippen LogP contribution in [0.25, 0.3) is 11.1 Å². The number of methoxy groups -OCH3 is 2. The molecule has 2 atom stereocenters. The van der Waals surface area contributed by atoms with Crippen LogP contribution in [0.5, 0.6) is 17.2 Å². The first kappa shape index (κ1) is 23.1. The Labute approximate surface area is 196 Å². The number of hydrogen-bond acceptors (Lipinski definition) is 5. The highest BCUT2D eigenvalue weighted by molar-refractivity contribution is 5.68. The number of nitrogens with one attached hydrogen (secondary N) is 1. The predicted octanol–water partition coefficient (Wildman–Crippen LogP) is 5.26. The first-order chi connectivity index (χ1) is 16.1. The largest absolute Gasteiger partial charge is 0.496 e. The van der Waals surface area contributed by atoms with Crippen molar-refractivity contribution in [1.29, 1.82) is 0 Å². The molecule has 174 valence electrons. The van der Waals surface area contributed by atoms with Crippen molar-refractivity contribution in [2.24, 2.45) is 0 Å². The SMILES string of the molecule is COc1cc(OCc2cccc(-c3ccccc3)c2C)cc(OC)c1CN[C@H]1CCC[C@@H]1O. The molecule has 3 aromatic carbocycles. The first-order valence-electron chi connectivity index (χ1n) is 11.5. The summed E-state index contributed by atoms with van der Waals surface area (Å²) in [4.78, 5) is 0. The van der Waals surface area contributed by atoms with Crippen molar-refractivity contribution >= 4 is 0 Å². The van der Waals surface area contributed by atoms with Gasteiger partial charge in [-0.3, -0.25) is 0 Å². The van der Waals surface area contributed by atoms with Gasteiger partial charge in [-0.2, -0.15) is 0 Å². The predicted molar refractivity (Wildman–Crippen MR) is 131 cm³/mol. The highest BCUT2D eigenvalue weighted by atomic mass is 16.5. The molecule has 1 fully saturated rings. The van der Waals surface area contributed by atoms with E-state index in [-0.39, 0.29) is 12.1 Å². The van der Waals surface area contributed by atoms with Gasteiger partial charge in [0.25, 0.3) is 0 Å². The molecule has 0 amide bonds. The molecule has 0 saturated heterocycles. The monoisotopic (exact) mass is 447 g/mol. The lowest BCUT2D eigenvalue weighted by molar-refractivity contribution is 0.148. The van der Waals surface area contributed by atoms with Gasteiger partial charge in [-0.25, -0.2) is 0 Å². The van der Waals surface area contributed by atoms with Crippen molar-refractivity contribution < 1.29 is 19.3 Å². The van der Waals surface area contributed by atoms with Crippen LogP contribution < -0.4 is 19.5 Å². The van der Waals surface area contributed by atoms with Gasteiger partial charge in [-0.05, 0) is 48.4 Å². The second-order valence-electron chi connectivity index (χ2n) is 8.54. The van der Waals surface area contributed by atoms with Crippen molar-refractivity contribution in [3.8, 4) is 28.4 Å². The molecule has 0 aromatic heterocycles. The Hall–Kier alpha value is -3.02. The van der Waals surface area contributed by atoms with Gasteiger partial charge in [0.2, 0.25) is 0 Å². The summed E-state index contributed by atoms with van der Waals surface area (Å²) in [5.41, 5.74) is 5.68. The van der Waals surface area contributed by atoms with E-state index >= 15 is 0 Å². The van der Waals surface area contributed by atoms with E-state index in [0.29, 0.717) is 30.4 Å². The maximum atomic E-state index is 10.1. The Balaban J connectivity index is 1.51. The van der Waals surface area contributed by atoms with Gasteiger partial charge in [0, 0.05) is 24.7 Å². The molecule has 0 bridgehead atoms. The van der Waals surface area contributed by atoms with Crippen LogP contribution in [0.4, 0.5) is 0 Å².